The lowest BCUT2D eigenvalue weighted by Crippen LogP contribution is -2.36. The Morgan fingerprint density at radius 3 is 2.70 bits per heavy atom. The molecule has 120 valence electrons. The lowest BCUT2D eigenvalue weighted by atomic mass is 10.2. The third kappa shape index (κ3) is 3.14. The van der Waals surface area contributed by atoms with Gasteiger partial charge in [0.2, 0.25) is 5.91 Å². The number of aromatic nitrogens is 4. The normalized spacial score (nSPS) is 12.9. The van der Waals surface area contributed by atoms with Crippen molar-refractivity contribution >= 4 is 34.2 Å². The Hall–Kier alpha value is -2.15. The summed E-state index contributed by atoms with van der Waals surface area (Å²) >= 11 is 1.39. The molecule has 0 bridgehead atoms. The first kappa shape index (κ1) is 15.7. The van der Waals surface area contributed by atoms with Gasteiger partial charge in [0.25, 0.3) is 0 Å². The van der Waals surface area contributed by atoms with E-state index < -0.39 is 0 Å². The maximum absolute atomic E-state index is 12.2. The Morgan fingerprint density at radius 2 is 1.96 bits per heavy atom. The number of fused-ring (bicyclic) bond motifs is 3. The van der Waals surface area contributed by atoms with Crippen LogP contribution in [0.15, 0.2) is 29.4 Å². The second kappa shape index (κ2) is 6.16. The summed E-state index contributed by atoms with van der Waals surface area (Å²) < 4.78 is 1.72. The SMILES string of the molecule is Cc1nc2c3ccccc3nc(S[C@@H](C)C(=O)NC(C)C)n2n1. The molecule has 7 heteroatoms. The predicted molar refractivity (Wildman–Crippen MR) is 91.6 cm³/mol. The van der Waals surface area contributed by atoms with Crippen LogP contribution >= 0.6 is 11.8 Å². The fourth-order valence-corrected chi connectivity index (χ4v) is 3.19. The molecule has 1 atom stereocenters. The second-order valence-corrected chi connectivity index (χ2v) is 7.04. The van der Waals surface area contributed by atoms with E-state index in [0.717, 1.165) is 16.6 Å². The van der Waals surface area contributed by atoms with Gasteiger partial charge in [-0.1, -0.05) is 23.9 Å². The molecule has 6 nitrogen and oxygen atoms in total. The number of hydrogen-bond acceptors (Lipinski definition) is 5. The first-order chi connectivity index (χ1) is 11.0. The molecule has 2 heterocycles. The van der Waals surface area contributed by atoms with E-state index in [0.29, 0.717) is 11.0 Å². The largest absolute Gasteiger partial charge is 0.353 e. The maximum Gasteiger partial charge on any atom is 0.233 e. The van der Waals surface area contributed by atoms with E-state index in [1.807, 2.05) is 52.0 Å². The van der Waals surface area contributed by atoms with Gasteiger partial charge < -0.3 is 5.32 Å². The fourth-order valence-electron chi connectivity index (χ4n) is 2.32. The molecule has 23 heavy (non-hydrogen) atoms. The molecular formula is C16H19N5OS. The highest BCUT2D eigenvalue weighted by Crippen LogP contribution is 2.26. The highest BCUT2D eigenvalue weighted by molar-refractivity contribution is 8.00. The number of amides is 1. The van der Waals surface area contributed by atoms with Crippen molar-refractivity contribution < 1.29 is 4.79 Å². The minimum Gasteiger partial charge on any atom is -0.353 e. The van der Waals surface area contributed by atoms with Crippen molar-refractivity contribution in [1.82, 2.24) is 24.9 Å². The van der Waals surface area contributed by atoms with E-state index in [4.69, 9.17) is 0 Å². The summed E-state index contributed by atoms with van der Waals surface area (Å²) in [5.41, 5.74) is 1.62. The van der Waals surface area contributed by atoms with Gasteiger partial charge in [0, 0.05) is 11.4 Å². The quantitative estimate of drug-likeness (QED) is 0.588. The van der Waals surface area contributed by atoms with E-state index in [9.17, 15) is 4.79 Å². The van der Waals surface area contributed by atoms with Gasteiger partial charge in [-0.15, -0.1) is 5.10 Å². The van der Waals surface area contributed by atoms with Crippen molar-refractivity contribution in [3.05, 3.63) is 30.1 Å². The van der Waals surface area contributed by atoms with Gasteiger partial charge in [-0.25, -0.2) is 9.97 Å². The number of carbonyl (C=O) groups excluding carboxylic acids is 1. The summed E-state index contributed by atoms with van der Waals surface area (Å²) in [6.45, 7) is 7.62. The first-order valence-electron chi connectivity index (χ1n) is 7.55. The Balaban J connectivity index is 2.04. The predicted octanol–water partition coefficient (Wildman–Crippen LogP) is 2.59. The van der Waals surface area contributed by atoms with Gasteiger partial charge in [0.05, 0.1) is 10.8 Å². The molecule has 0 unspecified atom stereocenters. The second-order valence-electron chi connectivity index (χ2n) is 5.73. The van der Waals surface area contributed by atoms with Crippen molar-refractivity contribution in [1.29, 1.82) is 0 Å². The summed E-state index contributed by atoms with van der Waals surface area (Å²) in [5, 5.41) is 8.71. The fraction of sp³-hybridized carbons (Fsp3) is 0.375. The van der Waals surface area contributed by atoms with Crippen molar-refractivity contribution in [2.75, 3.05) is 0 Å². The van der Waals surface area contributed by atoms with Gasteiger partial charge in [-0.2, -0.15) is 4.52 Å². The zero-order valence-corrected chi connectivity index (χ0v) is 14.4. The van der Waals surface area contributed by atoms with Crippen LogP contribution in [0.2, 0.25) is 0 Å². The smallest absolute Gasteiger partial charge is 0.233 e. The molecular weight excluding hydrogens is 310 g/mol. The van der Waals surface area contributed by atoms with Crippen molar-refractivity contribution in [3.63, 3.8) is 0 Å². The molecule has 1 amide bonds. The molecule has 0 saturated heterocycles. The molecule has 0 fully saturated rings. The molecule has 0 aliphatic heterocycles. The van der Waals surface area contributed by atoms with E-state index in [1.54, 1.807) is 4.52 Å². The Kier molecular flexibility index (Phi) is 4.21. The number of rotatable bonds is 4. The lowest BCUT2D eigenvalue weighted by Gasteiger charge is -2.14. The van der Waals surface area contributed by atoms with Crippen LogP contribution in [0.5, 0.6) is 0 Å². The van der Waals surface area contributed by atoms with E-state index >= 15 is 0 Å². The topological polar surface area (TPSA) is 72.2 Å². The zero-order valence-electron chi connectivity index (χ0n) is 13.6. The average molecular weight is 329 g/mol. The van der Waals surface area contributed by atoms with Gasteiger partial charge in [0.1, 0.15) is 5.82 Å². The highest BCUT2D eigenvalue weighted by Gasteiger charge is 2.19. The van der Waals surface area contributed by atoms with Crippen LogP contribution in [0.1, 0.15) is 26.6 Å². The van der Waals surface area contributed by atoms with Gasteiger partial charge in [0.15, 0.2) is 10.8 Å². The number of hydrogen-bond donors (Lipinski definition) is 1. The summed E-state index contributed by atoms with van der Waals surface area (Å²) in [6.07, 6.45) is 0. The highest BCUT2D eigenvalue weighted by atomic mass is 32.2. The van der Waals surface area contributed by atoms with E-state index in [1.165, 1.54) is 11.8 Å². The molecule has 0 spiro atoms. The molecule has 1 aromatic carbocycles. The molecule has 0 saturated carbocycles. The van der Waals surface area contributed by atoms with Crippen LogP contribution in [0, 0.1) is 6.92 Å². The van der Waals surface area contributed by atoms with Gasteiger partial charge in [-0.3, -0.25) is 4.79 Å². The van der Waals surface area contributed by atoms with Crippen molar-refractivity contribution in [2.24, 2.45) is 0 Å². The summed E-state index contributed by atoms with van der Waals surface area (Å²) in [5.74, 6) is 0.675. The molecule has 3 rings (SSSR count). The van der Waals surface area contributed by atoms with Crippen molar-refractivity contribution in [2.45, 2.75) is 44.1 Å². The monoisotopic (exact) mass is 329 g/mol. The molecule has 0 radical (unpaired) electrons. The standard InChI is InChI=1S/C16H19N5OS/c1-9(2)17-15(22)10(3)23-16-19-13-8-6-5-7-12(13)14-18-11(4)20-21(14)16/h5-10H,1-4H3,(H,17,22)/t10-/m0/s1. The molecule has 1 N–H and O–H groups in total. The zero-order chi connectivity index (χ0) is 16.6. The van der Waals surface area contributed by atoms with Crippen molar-refractivity contribution in [3.8, 4) is 0 Å². The number of para-hydroxylation sites is 1. The average Bonchev–Trinajstić information content (AvgIpc) is 2.88. The number of aryl methyl sites for hydroxylation is 1. The Morgan fingerprint density at radius 1 is 1.22 bits per heavy atom. The minimum atomic E-state index is -0.265. The van der Waals surface area contributed by atoms with Crippen LogP contribution < -0.4 is 5.32 Å². The number of benzene rings is 1. The van der Waals surface area contributed by atoms with Crippen LogP contribution in [-0.2, 0) is 4.79 Å². The number of nitrogens with one attached hydrogen (secondary N) is 1. The van der Waals surface area contributed by atoms with Crippen LogP contribution in [0.3, 0.4) is 0 Å². The Labute approximate surface area is 138 Å². The summed E-state index contributed by atoms with van der Waals surface area (Å²) in [6, 6.07) is 7.94. The van der Waals surface area contributed by atoms with Gasteiger partial charge >= 0.3 is 0 Å². The summed E-state index contributed by atoms with van der Waals surface area (Å²) in [4.78, 5) is 21.3. The summed E-state index contributed by atoms with van der Waals surface area (Å²) in [7, 11) is 0. The van der Waals surface area contributed by atoms with E-state index in [-0.39, 0.29) is 17.2 Å². The lowest BCUT2D eigenvalue weighted by molar-refractivity contribution is -0.120. The maximum atomic E-state index is 12.2. The number of thioether (sulfide) groups is 1. The molecule has 0 aliphatic carbocycles. The first-order valence-corrected chi connectivity index (χ1v) is 8.43. The molecule has 0 aliphatic rings. The van der Waals surface area contributed by atoms with E-state index in [2.05, 4.69) is 20.4 Å². The van der Waals surface area contributed by atoms with Crippen LogP contribution in [0.25, 0.3) is 16.6 Å². The third-order valence-electron chi connectivity index (χ3n) is 3.34. The number of carbonyl (C=O) groups is 1. The van der Waals surface area contributed by atoms with Crippen LogP contribution in [-0.4, -0.2) is 36.8 Å². The van der Waals surface area contributed by atoms with Gasteiger partial charge in [-0.05, 0) is 39.8 Å². The minimum absolute atomic E-state index is 0.00931. The number of nitrogens with zero attached hydrogens (tertiary/aromatic N) is 4. The third-order valence-corrected chi connectivity index (χ3v) is 4.38. The Bertz CT molecular complexity index is 873. The van der Waals surface area contributed by atoms with Crippen LogP contribution in [0.4, 0.5) is 0 Å². The molecule has 2 aromatic heterocycles. The molecule has 3 aromatic rings.